The highest BCUT2D eigenvalue weighted by Gasteiger charge is 2.09. The molecule has 1 heterocycles. The normalized spacial score (nSPS) is 12.0. The Bertz CT molecular complexity index is 797. The van der Waals surface area contributed by atoms with Gasteiger partial charge in [0.15, 0.2) is 0 Å². The molecular weight excluding hydrogens is 310 g/mol. The molecule has 1 amide bonds. The average Bonchev–Trinajstić information content (AvgIpc) is 2.55. The van der Waals surface area contributed by atoms with Crippen LogP contribution in [0.3, 0.4) is 0 Å². The van der Waals surface area contributed by atoms with E-state index in [0.29, 0.717) is 11.4 Å². The monoisotopic (exact) mass is 335 g/mol. The molecule has 0 fully saturated rings. The molecule has 0 bridgehead atoms. The van der Waals surface area contributed by atoms with Crippen molar-refractivity contribution in [2.24, 2.45) is 0 Å². The van der Waals surface area contributed by atoms with Crippen molar-refractivity contribution in [2.45, 2.75) is 27.7 Å². The Balaban J connectivity index is 2.21. The predicted molar refractivity (Wildman–Crippen MR) is 105 cm³/mol. The fourth-order valence-electron chi connectivity index (χ4n) is 2.78. The molecule has 2 rings (SSSR count). The zero-order chi connectivity index (χ0) is 18.4. The van der Waals surface area contributed by atoms with Crippen LogP contribution in [0.2, 0.25) is 0 Å². The molecule has 2 N–H and O–H groups in total. The van der Waals surface area contributed by atoms with Crippen LogP contribution in [0, 0.1) is 13.8 Å². The number of aromatic nitrogens is 1. The Morgan fingerprint density at radius 3 is 2.28 bits per heavy atom. The lowest BCUT2D eigenvalue weighted by molar-refractivity contribution is 0.102. The van der Waals surface area contributed by atoms with Crippen molar-refractivity contribution < 1.29 is 4.79 Å². The molecule has 0 radical (unpaired) electrons. The van der Waals surface area contributed by atoms with E-state index in [1.54, 1.807) is 0 Å². The van der Waals surface area contributed by atoms with Gasteiger partial charge in [0.05, 0.1) is 0 Å². The lowest BCUT2D eigenvalue weighted by atomic mass is 10.0. The maximum Gasteiger partial charge on any atom is 0.256 e. The van der Waals surface area contributed by atoms with Crippen LogP contribution < -0.4 is 10.6 Å². The molecule has 0 spiro atoms. The van der Waals surface area contributed by atoms with Crippen LogP contribution >= 0.6 is 0 Å². The highest BCUT2D eigenvalue weighted by Crippen LogP contribution is 2.18. The number of hydrogen-bond acceptors (Lipinski definition) is 3. The number of nitrogens with one attached hydrogen (secondary N) is 2. The van der Waals surface area contributed by atoms with Gasteiger partial charge in [-0.1, -0.05) is 24.3 Å². The molecule has 25 heavy (non-hydrogen) atoms. The maximum atomic E-state index is 12.4. The van der Waals surface area contributed by atoms with Crippen molar-refractivity contribution in [1.82, 2.24) is 10.3 Å². The second-order valence-electron chi connectivity index (χ2n) is 6.01. The van der Waals surface area contributed by atoms with Gasteiger partial charge in [0.25, 0.3) is 5.91 Å². The third kappa shape index (κ3) is 4.80. The van der Waals surface area contributed by atoms with Gasteiger partial charge in [0.1, 0.15) is 5.82 Å². The number of carbonyl (C=O) groups excluding carboxylic acids is 1. The lowest BCUT2D eigenvalue weighted by Gasteiger charge is -2.11. The zero-order valence-corrected chi connectivity index (χ0v) is 15.5. The second-order valence-corrected chi connectivity index (χ2v) is 6.01. The van der Waals surface area contributed by atoms with Gasteiger partial charge in [-0.05, 0) is 68.7 Å². The third-order valence-corrected chi connectivity index (χ3v) is 3.84. The Hall–Kier alpha value is -2.88. The minimum Gasteiger partial charge on any atom is -0.387 e. The van der Waals surface area contributed by atoms with Gasteiger partial charge in [-0.2, -0.15) is 0 Å². The molecular formula is C21H25N3O. The summed E-state index contributed by atoms with van der Waals surface area (Å²) in [4.78, 5) is 16.8. The van der Waals surface area contributed by atoms with Gasteiger partial charge >= 0.3 is 0 Å². The van der Waals surface area contributed by atoms with Crippen molar-refractivity contribution in [1.29, 1.82) is 0 Å². The number of benzene rings is 1. The zero-order valence-electron chi connectivity index (χ0n) is 15.5. The number of hydrogen-bond donors (Lipinski definition) is 2. The first-order valence-electron chi connectivity index (χ1n) is 8.33. The van der Waals surface area contributed by atoms with E-state index in [9.17, 15) is 4.79 Å². The average molecular weight is 335 g/mol. The SMILES string of the molecule is C/C=C\C(C)=C(/NC)c1ccc(C(=O)Nc2cc(C)cc(C)n2)cc1. The summed E-state index contributed by atoms with van der Waals surface area (Å²) in [5, 5.41) is 6.08. The Kier molecular flexibility index (Phi) is 6.12. The van der Waals surface area contributed by atoms with Crippen molar-refractivity contribution >= 4 is 17.4 Å². The van der Waals surface area contributed by atoms with Crippen LogP contribution in [0.25, 0.3) is 5.70 Å². The smallest absolute Gasteiger partial charge is 0.256 e. The summed E-state index contributed by atoms with van der Waals surface area (Å²) in [7, 11) is 1.90. The molecule has 2 aromatic rings. The predicted octanol–water partition coefficient (Wildman–Crippen LogP) is 4.48. The van der Waals surface area contributed by atoms with E-state index in [0.717, 1.165) is 28.1 Å². The number of amides is 1. The standard InChI is InChI=1S/C21H25N3O/c1-6-7-15(3)20(22-5)17-8-10-18(11-9-17)21(25)24-19-13-14(2)12-16(4)23-19/h6-13,22H,1-5H3,(H,23,24,25)/b7-6-,20-15-. The topological polar surface area (TPSA) is 54.0 Å². The number of pyridine rings is 1. The van der Waals surface area contributed by atoms with Gasteiger partial charge in [0, 0.05) is 24.0 Å². The number of rotatable bonds is 5. The van der Waals surface area contributed by atoms with Crippen LogP contribution in [0.5, 0.6) is 0 Å². The van der Waals surface area contributed by atoms with Gasteiger partial charge < -0.3 is 10.6 Å². The fourth-order valence-corrected chi connectivity index (χ4v) is 2.78. The first-order valence-corrected chi connectivity index (χ1v) is 8.33. The van der Waals surface area contributed by atoms with Crippen molar-refractivity contribution in [3.05, 3.63) is 76.5 Å². The van der Waals surface area contributed by atoms with Crippen LogP contribution in [-0.4, -0.2) is 17.9 Å². The largest absolute Gasteiger partial charge is 0.387 e. The van der Waals surface area contributed by atoms with Crippen LogP contribution in [0.15, 0.2) is 54.1 Å². The first-order chi connectivity index (χ1) is 11.9. The summed E-state index contributed by atoms with van der Waals surface area (Å²) in [5.41, 5.74) is 5.78. The Morgan fingerprint density at radius 1 is 1.08 bits per heavy atom. The summed E-state index contributed by atoms with van der Waals surface area (Å²) >= 11 is 0. The van der Waals surface area contributed by atoms with E-state index < -0.39 is 0 Å². The Morgan fingerprint density at radius 2 is 1.72 bits per heavy atom. The molecule has 1 aromatic heterocycles. The van der Waals surface area contributed by atoms with Crippen molar-refractivity contribution in [3.8, 4) is 0 Å². The minimum absolute atomic E-state index is 0.163. The summed E-state index contributed by atoms with van der Waals surface area (Å²) < 4.78 is 0. The lowest BCUT2D eigenvalue weighted by Crippen LogP contribution is -2.14. The maximum absolute atomic E-state index is 12.4. The fraction of sp³-hybridized carbons (Fsp3) is 0.238. The molecule has 0 aliphatic rings. The molecule has 4 nitrogen and oxygen atoms in total. The molecule has 0 saturated carbocycles. The van der Waals surface area contributed by atoms with Crippen molar-refractivity contribution in [3.63, 3.8) is 0 Å². The summed E-state index contributed by atoms with van der Waals surface area (Å²) in [6, 6.07) is 11.4. The molecule has 0 unspecified atom stereocenters. The van der Waals surface area contributed by atoms with Gasteiger partial charge in [-0.3, -0.25) is 4.79 Å². The summed E-state index contributed by atoms with van der Waals surface area (Å²) in [6.07, 6.45) is 4.06. The molecule has 1 aromatic carbocycles. The minimum atomic E-state index is -0.163. The van der Waals surface area contributed by atoms with Gasteiger partial charge in [0.2, 0.25) is 0 Å². The summed E-state index contributed by atoms with van der Waals surface area (Å²) in [5.74, 6) is 0.413. The van der Waals surface area contributed by atoms with E-state index in [1.165, 1.54) is 0 Å². The highest BCUT2D eigenvalue weighted by molar-refractivity contribution is 6.04. The van der Waals surface area contributed by atoms with Crippen LogP contribution in [0.4, 0.5) is 5.82 Å². The molecule has 0 aliphatic heterocycles. The van der Waals surface area contributed by atoms with E-state index in [-0.39, 0.29) is 5.91 Å². The van der Waals surface area contributed by atoms with E-state index in [1.807, 2.05) is 70.3 Å². The molecule has 130 valence electrons. The second kappa shape index (κ2) is 8.29. The van der Waals surface area contributed by atoms with Gasteiger partial charge in [-0.25, -0.2) is 4.98 Å². The van der Waals surface area contributed by atoms with E-state index >= 15 is 0 Å². The Labute approximate surface area is 149 Å². The van der Waals surface area contributed by atoms with E-state index in [4.69, 9.17) is 0 Å². The molecule has 0 saturated heterocycles. The summed E-state index contributed by atoms with van der Waals surface area (Å²) in [6.45, 7) is 7.94. The number of aryl methyl sites for hydroxylation is 2. The van der Waals surface area contributed by atoms with Crippen molar-refractivity contribution in [2.75, 3.05) is 12.4 Å². The first kappa shape index (κ1) is 18.5. The quantitative estimate of drug-likeness (QED) is 0.792. The molecule has 0 atom stereocenters. The number of nitrogens with zero attached hydrogens (tertiary/aromatic N) is 1. The van der Waals surface area contributed by atoms with Crippen LogP contribution in [0.1, 0.15) is 41.0 Å². The molecule has 4 heteroatoms. The molecule has 0 aliphatic carbocycles. The number of allylic oxidation sites excluding steroid dienone is 3. The highest BCUT2D eigenvalue weighted by atomic mass is 16.1. The van der Waals surface area contributed by atoms with Gasteiger partial charge in [-0.15, -0.1) is 0 Å². The third-order valence-electron chi connectivity index (χ3n) is 3.84. The van der Waals surface area contributed by atoms with Crippen LogP contribution in [-0.2, 0) is 0 Å². The van der Waals surface area contributed by atoms with E-state index in [2.05, 4.69) is 28.6 Å². The number of anilines is 1. The number of carbonyl (C=O) groups is 1.